The summed E-state index contributed by atoms with van der Waals surface area (Å²) in [4.78, 5) is 25.5. The van der Waals surface area contributed by atoms with Gasteiger partial charge >= 0.3 is 5.97 Å². The van der Waals surface area contributed by atoms with E-state index in [1.54, 1.807) is 0 Å². The van der Waals surface area contributed by atoms with Gasteiger partial charge in [0, 0.05) is 4.88 Å². The molecule has 1 aliphatic rings. The number of ether oxygens (including phenoxy) is 1. The molecule has 1 aliphatic carbocycles. The van der Waals surface area contributed by atoms with Crippen LogP contribution < -0.4 is 5.32 Å². The number of carbonyl (C=O) groups excluding carboxylic acids is 2. The highest BCUT2D eigenvalue weighted by atomic mass is 79.9. The van der Waals surface area contributed by atoms with Gasteiger partial charge in [-0.15, -0.1) is 11.3 Å². The van der Waals surface area contributed by atoms with Gasteiger partial charge in [0.05, 0.1) is 21.3 Å². The van der Waals surface area contributed by atoms with Gasteiger partial charge in [-0.25, -0.2) is 4.79 Å². The average molecular weight is 439 g/mol. The third-order valence-electron chi connectivity index (χ3n) is 3.94. The fourth-order valence-corrected chi connectivity index (χ4v) is 4.91. The average Bonchev–Trinajstić information content (AvgIpc) is 2.77. The number of rotatable bonds is 4. The lowest BCUT2D eigenvalue weighted by Gasteiger charge is -2.13. The van der Waals surface area contributed by atoms with Crippen molar-refractivity contribution in [2.24, 2.45) is 5.41 Å². The molecule has 1 aromatic rings. The van der Waals surface area contributed by atoms with Crippen molar-refractivity contribution in [1.82, 2.24) is 0 Å². The van der Waals surface area contributed by atoms with Crippen LogP contribution in [0.25, 0.3) is 0 Å². The zero-order valence-corrected chi connectivity index (χ0v) is 16.3. The summed E-state index contributed by atoms with van der Waals surface area (Å²) >= 11 is 8.39. The molecule has 0 aliphatic heterocycles. The molecule has 21 heavy (non-hydrogen) atoms. The molecule has 1 N–H and O–H groups in total. The number of hydrogen-bond acceptors (Lipinski definition) is 4. The highest BCUT2D eigenvalue weighted by molar-refractivity contribution is 9.25. The van der Waals surface area contributed by atoms with E-state index in [0.29, 0.717) is 17.0 Å². The minimum absolute atomic E-state index is 0.106. The van der Waals surface area contributed by atoms with Gasteiger partial charge < -0.3 is 10.1 Å². The van der Waals surface area contributed by atoms with E-state index in [2.05, 4.69) is 37.2 Å². The Hall–Kier alpha value is -0.400. The van der Waals surface area contributed by atoms with Crippen LogP contribution in [0.5, 0.6) is 0 Å². The number of amides is 1. The molecule has 4 nitrogen and oxygen atoms in total. The van der Waals surface area contributed by atoms with E-state index in [1.165, 1.54) is 18.4 Å². The van der Waals surface area contributed by atoms with Gasteiger partial charge in [-0.1, -0.05) is 38.8 Å². The van der Waals surface area contributed by atoms with E-state index in [1.807, 2.05) is 20.8 Å². The van der Waals surface area contributed by atoms with Crippen LogP contribution in [0.1, 0.15) is 41.1 Å². The smallest absolute Gasteiger partial charge is 0.341 e. The van der Waals surface area contributed by atoms with E-state index in [-0.39, 0.29) is 9.14 Å². The van der Waals surface area contributed by atoms with Crippen LogP contribution in [0.2, 0.25) is 0 Å². The van der Waals surface area contributed by atoms with E-state index in [0.717, 1.165) is 16.9 Å². The predicted octanol–water partition coefficient (Wildman–Crippen LogP) is 4.24. The summed E-state index contributed by atoms with van der Waals surface area (Å²) in [6, 6.07) is 0. The number of anilines is 1. The lowest BCUT2D eigenvalue weighted by Crippen LogP contribution is -2.26. The Labute approximate surface area is 144 Å². The highest BCUT2D eigenvalue weighted by Gasteiger charge is 2.66. The summed E-state index contributed by atoms with van der Waals surface area (Å²) in [5, 5.41) is 3.47. The van der Waals surface area contributed by atoms with Gasteiger partial charge in [-0.3, -0.25) is 4.79 Å². The molecule has 116 valence electrons. The number of methoxy groups -OCH3 is 1. The maximum Gasteiger partial charge on any atom is 0.341 e. The third-order valence-corrected chi connectivity index (χ3v) is 7.31. The first-order valence-electron chi connectivity index (χ1n) is 6.57. The molecule has 2 rings (SSSR count). The Bertz CT molecular complexity index is 612. The predicted molar refractivity (Wildman–Crippen MR) is 91.7 cm³/mol. The molecule has 0 spiro atoms. The second-order valence-electron chi connectivity index (χ2n) is 5.35. The first-order valence-corrected chi connectivity index (χ1v) is 8.98. The van der Waals surface area contributed by atoms with Crippen LogP contribution in [0, 0.1) is 12.3 Å². The van der Waals surface area contributed by atoms with Crippen molar-refractivity contribution in [3.63, 3.8) is 0 Å². The Morgan fingerprint density at radius 2 is 2.00 bits per heavy atom. The van der Waals surface area contributed by atoms with Crippen molar-refractivity contribution < 1.29 is 14.3 Å². The second-order valence-corrected chi connectivity index (χ2v) is 10.3. The first kappa shape index (κ1) is 17.0. The normalized spacial score (nSPS) is 22.8. The van der Waals surface area contributed by atoms with Gasteiger partial charge in [0.2, 0.25) is 5.91 Å². The van der Waals surface area contributed by atoms with E-state index >= 15 is 0 Å². The number of esters is 1. The largest absolute Gasteiger partial charge is 0.465 e. The number of halogens is 2. The standard InChI is InChI=1S/C14H17Br2NO3S/c1-5-8-7(2)21-10(9(8)11(18)20-4)17-12(19)13(3)6-14(13,15)16/h5-6H2,1-4H3,(H,17,19)/t13-/m0/s1. The number of aryl methyl sites for hydroxylation is 1. The van der Waals surface area contributed by atoms with Gasteiger partial charge in [0.25, 0.3) is 0 Å². The SMILES string of the molecule is CCc1c(C)sc(NC(=O)[C@]2(C)CC2(Br)Br)c1C(=O)OC. The van der Waals surface area contributed by atoms with Crippen LogP contribution in [0.3, 0.4) is 0 Å². The molecule has 0 bridgehead atoms. The lowest BCUT2D eigenvalue weighted by atomic mass is 10.1. The Kier molecular flexibility index (Phi) is 4.57. The lowest BCUT2D eigenvalue weighted by molar-refractivity contribution is -0.120. The molecular formula is C14H17Br2NO3S. The highest BCUT2D eigenvalue weighted by Crippen LogP contribution is 2.66. The first-order chi connectivity index (χ1) is 9.67. The van der Waals surface area contributed by atoms with Crippen molar-refractivity contribution in [1.29, 1.82) is 0 Å². The number of nitrogens with one attached hydrogen (secondary N) is 1. The number of hydrogen-bond donors (Lipinski definition) is 1. The molecular weight excluding hydrogens is 422 g/mol. The van der Waals surface area contributed by atoms with Crippen LogP contribution in [-0.2, 0) is 16.0 Å². The van der Waals surface area contributed by atoms with Crippen LogP contribution in [0.15, 0.2) is 0 Å². The minimum atomic E-state index is -0.523. The van der Waals surface area contributed by atoms with Crippen molar-refractivity contribution in [3.8, 4) is 0 Å². The van der Waals surface area contributed by atoms with E-state index in [4.69, 9.17) is 4.74 Å². The van der Waals surface area contributed by atoms with Gasteiger partial charge in [-0.05, 0) is 32.3 Å². The molecule has 1 fully saturated rings. The van der Waals surface area contributed by atoms with Crippen molar-refractivity contribution in [2.45, 2.75) is 36.8 Å². The number of alkyl halides is 2. The second kappa shape index (κ2) is 5.66. The summed E-state index contributed by atoms with van der Waals surface area (Å²) in [6.45, 7) is 5.81. The molecule has 1 aromatic heterocycles. The summed E-state index contributed by atoms with van der Waals surface area (Å²) in [6.07, 6.45) is 1.42. The fourth-order valence-electron chi connectivity index (χ4n) is 2.30. The molecule has 0 radical (unpaired) electrons. The molecule has 7 heteroatoms. The van der Waals surface area contributed by atoms with Crippen molar-refractivity contribution >= 4 is 60.1 Å². The molecule has 0 aromatic carbocycles. The summed E-state index contributed by atoms with van der Waals surface area (Å²) in [7, 11) is 1.35. The summed E-state index contributed by atoms with van der Waals surface area (Å²) in [5.74, 6) is -0.512. The Balaban J connectivity index is 2.33. The zero-order chi connectivity index (χ0) is 16.0. The summed E-state index contributed by atoms with van der Waals surface area (Å²) < 4.78 is 4.50. The number of carbonyl (C=O) groups is 2. The monoisotopic (exact) mass is 437 g/mol. The molecule has 1 atom stereocenters. The van der Waals surface area contributed by atoms with Gasteiger partial charge in [0.1, 0.15) is 5.00 Å². The molecule has 0 unspecified atom stereocenters. The maximum absolute atomic E-state index is 12.5. The quantitative estimate of drug-likeness (QED) is 0.564. The molecule has 1 amide bonds. The van der Waals surface area contributed by atoms with Crippen LogP contribution in [0.4, 0.5) is 5.00 Å². The Morgan fingerprint density at radius 3 is 2.43 bits per heavy atom. The van der Waals surface area contributed by atoms with E-state index in [9.17, 15) is 9.59 Å². The topological polar surface area (TPSA) is 55.4 Å². The minimum Gasteiger partial charge on any atom is -0.465 e. The van der Waals surface area contributed by atoms with Gasteiger partial charge in [-0.2, -0.15) is 0 Å². The molecule has 1 saturated carbocycles. The Morgan fingerprint density at radius 1 is 1.43 bits per heavy atom. The molecule has 0 saturated heterocycles. The van der Waals surface area contributed by atoms with Crippen LogP contribution >= 0.6 is 43.2 Å². The van der Waals surface area contributed by atoms with Crippen LogP contribution in [-0.4, -0.2) is 22.2 Å². The van der Waals surface area contributed by atoms with Crippen molar-refractivity contribution in [3.05, 3.63) is 16.0 Å². The van der Waals surface area contributed by atoms with E-state index < -0.39 is 11.4 Å². The fraction of sp³-hybridized carbons (Fsp3) is 0.571. The number of thiophene rings is 1. The zero-order valence-electron chi connectivity index (χ0n) is 12.3. The maximum atomic E-state index is 12.5. The van der Waals surface area contributed by atoms with Gasteiger partial charge in [0.15, 0.2) is 0 Å². The molecule has 1 heterocycles. The summed E-state index contributed by atoms with van der Waals surface area (Å²) in [5.41, 5.74) is 0.895. The van der Waals surface area contributed by atoms with Crippen molar-refractivity contribution in [2.75, 3.05) is 12.4 Å². The third kappa shape index (κ3) is 2.80.